The molecule has 2 atom stereocenters. The van der Waals surface area contributed by atoms with Crippen LogP contribution in [0.2, 0.25) is 0 Å². The highest BCUT2D eigenvalue weighted by atomic mass is 79.9. The number of nitriles is 1. The minimum Gasteiger partial charge on any atom is -0.506 e. The molecule has 0 amide bonds. The molecule has 0 fully saturated rings. The minimum absolute atomic E-state index is 0.000000000000000222. The first-order valence-corrected chi connectivity index (χ1v) is 15.2. The molecule has 0 radical (unpaired) electrons. The maximum atomic E-state index is 11.0. The Bertz CT molecular complexity index is 1640. The van der Waals surface area contributed by atoms with Crippen molar-refractivity contribution in [2.24, 2.45) is 23.7 Å². The zero-order valence-electron chi connectivity index (χ0n) is 23.7. The highest BCUT2D eigenvalue weighted by Crippen LogP contribution is 2.33. The Hall–Kier alpha value is -4.72. The van der Waals surface area contributed by atoms with Crippen molar-refractivity contribution in [3.8, 4) is 11.8 Å². The molecule has 8 nitrogen and oxygen atoms in total. The monoisotopic (exact) mass is 733 g/mol. The predicted molar refractivity (Wildman–Crippen MR) is 178 cm³/mol. The van der Waals surface area contributed by atoms with Crippen molar-refractivity contribution in [1.29, 1.82) is 5.26 Å². The Morgan fingerprint density at radius 3 is 1.73 bits per heavy atom. The lowest BCUT2D eigenvalue weighted by molar-refractivity contribution is -0.136. The van der Waals surface area contributed by atoms with Gasteiger partial charge in [-0.2, -0.15) is 5.26 Å². The zero-order chi connectivity index (χ0) is 32.9. The first-order valence-electron chi connectivity index (χ1n) is 13.6. The summed E-state index contributed by atoms with van der Waals surface area (Å²) in [5.41, 5.74) is 1.55. The fourth-order valence-corrected chi connectivity index (χ4v) is 5.58. The van der Waals surface area contributed by atoms with Crippen LogP contribution in [0.25, 0.3) is 6.08 Å². The van der Waals surface area contributed by atoms with Crippen molar-refractivity contribution in [3.05, 3.63) is 141 Å². The van der Waals surface area contributed by atoms with Crippen LogP contribution >= 0.6 is 31.9 Å². The molecule has 0 saturated heterocycles. The lowest BCUT2D eigenvalue weighted by Gasteiger charge is -2.21. The Balaban J connectivity index is 0.000000194. The molecular formula is C35H29Br2NO7. The van der Waals surface area contributed by atoms with Gasteiger partial charge in [0.2, 0.25) is 0 Å². The Labute approximate surface area is 277 Å². The number of aromatic hydroxyl groups is 1. The van der Waals surface area contributed by atoms with Crippen molar-refractivity contribution in [3.63, 3.8) is 0 Å². The second-order valence-corrected chi connectivity index (χ2v) is 11.7. The molecule has 6 aliphatic carbocycles. The fraction of sp³-hybridized carbons (Fsp3) is 0.143. The summed E-state index contributed by atoms with van der Waals surface area (Å²) in [5, 5.41) is 43.9. The lowest BCUT2D eigenvalue weighted by atomic mass is 9.83. The van der Waals surface area contributed by atoms with Crippen LogP contribution in [-0.2, 0) is 9.59 Å². The molecule has 0 aliphatic heterocycles. The summed E-state index contributed by atoms with van der Waals surface area (Å²) in [4.78, 5) is 32.0. The van der Waals surface area contributed by atoms with Crippen molar-refractivity contribution < 1.29 is 34.8 Å². The van der Waals surface area contributed by atoms with Gasteiger partial charge in [-0.25, -0.2) is 9.59 Å². The van der Waals surface area contributed by atoms with E-state index in [2.05, 4.69) is 98.7 Å². The number of nitrogens with zero attached hydrogens (tertiary/aromatic N) is 1. The molecular weight excluding hydrogens is 706 g/mol. The van der Waals surface area contributed by atoms with Gasteiger partial charge in [0, 0.05) is 23.7 Å². The molecule has 0 aromatic heterocycles. The van der Waals surface area contributed by atoms with Crippen LogP contribution in [0.15, 0.2) is 129 Å². The largest absolute Gasteiger partial charge is 0.506 e. The van der Waals surface area contributed by atoms with Crippen LogP contribution in [0.5, 0.6) is 5.75 Å². The first kappa shape index (κ1) is 34.8. The van der Waals surface area contributed by atoms with Crippen LogP contribution in [0.1, 0.15) is 22.3 Å². The average Bonchev–Trinajstić information content (AvgIpc) is 3.01. The van der Waals surface area contributed by atoms with E-state index < -0.39 is 17.9 Å². The van der Waals surface area contributed by atoms with E-state index in [1.807, 2.05) is 6.07 Å². The minimum atomic E-state index is -1.20. The standard InChI is InChI=1S/C18H18O2.C10H7NO2.C7H4Br2O3/c19-18(20)12-17-11-15-6-5-13-1-3-14(4-2-13)7-9-16(17)10-8-15;11-7-9(10(12)13)6-8-4-2-1-3-5-8;8-4-1-3(7(11)12)2-5(9)6(4)10/h1-11,13-16H,12H2,(H,19,20);1-6H,(H,12,13);1-2,10H,(H,11,12)/b6-5-,9-7-;;. The molecule has 8 rings (SSSR count). The van der Waals surface area contributed by atoms with E-state index in [1.54, 1.807) is 30.3 Å². The van der Waals surface area contributed by atoms with E-state index in [0.29, 0.717) is 26.3 Å². The van der Waals surface area contributed by atoms with Crippen LogP contribution in [0.4, 0.5) is 0 Å². The third-order valence-corrected chi connectivity index (χ3v) is 7.87. The number of carboxylic acid groups (broad SMARTS) is 3. The number of benzene rings is 2. The van der Waals surface area contributed by atoms with Gasteiger partial charge in [-0.05, 0) is 55.6 Å². The van der Waals surface area contributed by atoms with Crippen molar-refractivity contribution in [2.75, 3.05) is 0 Å². The molecule has 4 bridgehead atoms. The molecule has 2 aromatic rings. The van der Waals surface area contributed by atoms with E-state index in [-0.39, 0.29) is 35.1 Å². The summed E-state index contributed by atoms with van der Waals surface area (Å²) in [6.07, 6.45) is 25.2. The smallest absolute Gasteiger partial charge is 0.346 e. The van der Waals surface area contributed by atoms with Gasteiger partial charge in [0.1, 0.15) is 17.4 Å². The second-order valence-electron chi connectivity index (χ2n) is 9.97. The molecule has 2 unspecified atom stereocenters. The van der Waals surface area contributed by atoms with Gasteiger partial charge in [0.05, 0.1) is 20.9 Å². The highest BCUT2D eigenvalue weighted by Gasteiger charge is 2.18. The quantitative estimate of drug-likeness (QED) is 0.137. The summed E-state index contributed by atoms with van der Waals surface area (Å²) in [5.74, 6) is -2.02. The number of allylic oxidation sites excluding steroid dienone is 11. The van der Waals surface area contributed by atoms with Crippen LogP contribution in [0, 0.1) is 35.0 Å². The summed E-state index contributed by atoms with van der Waals surface area (Å²) < 4.78 is 0.712. The van der Waals surface area contributed by atoms with E-state index >= 15 is 0 Å². The number of halogens is 2. The highest BCUT2D eigenvalue weighted by molar-refractivity contribution is 9.11. The Morgan fingerprint density at radius 2 is 1.27 bits per heavy atom. The molecule has 4 N–H and O–H groups in total. The van der Waals surface area contributed by atoms with Gasteiger partial charge in [-0.1, -0.05) is 103 Å². The van der Waals surface area contributed by atoms with E-state index in [1.165, 1.54) is 18.2 Å². The van der Waals surface area contributed by atoms with Crippen LogP contribution in [-0.4, -0.2) is 38.3 Å². The van der Waals surface area contributed by atoms with Gasteiger partial charge in [-0.15, -0.1) is 0 Å². The molecule has 2 aromatic carbocycles. The van der Waals surface area contributed by atoms with Crippen LogP contribution in [0.3, 0.4) is 0 Å². The maximum Gasteiger partial charge on any atom is 0.346 e. The van der Waals surface area contributed by atoms with Crippen LogP contribution < -0.4 is 0 Å². The fourth-order valence-electron chi connectivity index (χ4n) is 4.39. The average molecular weight is 735 g/mol. The molecule has 6 aliphatic rings. The van der Waals surface area contributed by atoms with E-state index in [0.717, 1.165) is 5.57 Å². The van der Waals surface area contributed by atoms with Gasteiger partial charge < -0.3 is 20.4 Å². The number of rotatable bonds is 5. The summed E-state index contributed by atoms with van der Waals surface area (Å²) in [6, 6.07) is 13.1. The lowest BCUT2D eigenvalue weighted by Crippen LogP contribution is -2.11. The predicted octanol–water partition coefficient (Wildman–Crippen LogP) is 7.97. The third kappa shape index (κ3) is 11.1. The number of phenols is 1. The SMILES string of the molecule is N#CC(=Cc1ccccc1)C(=O)O.O=C(O)CC1=CC2C=CC1/C=C\C1C=CC(C=C1)/C=C\2.O=C(O)c1cc(Br)c(O)c(Br)c1. The van der Waals surface area contributed by atoms with Crippen molar-refractivity contribution in [2.45, 2.75) is 6.42 Å². The number of hydrogen-bond donors (Lipinski definition) is 4. The van der Waals surface area contributed by atoms with E-state index in [9.17, 15) is 19.5 Å². The Morgan fingerprint density at radius 1 is 0.778 bits per heavy atom. The summed E-state index contributed by atoms with van der Waals surface area (Å²) in [7, 11) is 0. The molecule has 0 spiro atoms. The molecule has 0 heterocycles. The van der Waals surface area contributed by atoms with Gasteiger partial charge in [0.15, 0.2) is 0 Å². The molecule has 10 heteroatoms. The van der Waals surface area contributed by atoms with Crippen molar-refractivity contribution >= 4 is 55.8 Å². The second kappa shape index (κ2) is 16.9. The normalized spacial score (nSPS) is 22.2. The van der Waals surface area contributed by atoms with Crippen molar-refractivity contribution in [1.82, 2.24) is 0 Å². The number of hydrogen-bond acceptors (Lipinski definition) is 5. The number of aromatic carboxylic acids is 1. The number of carbonyl (C=O) groups is 3. The molecule has 0 saturated carbocycles. The summed E-state index contributed by atoms with van der Waals surface area (Å²) in [6.45, 7) is 0. The summed E-state index contributed by atoms with van der Waals surface area (Å²) >= 11 is 6.04. The number of carboxylic acids is 3. The number of aliphatic carboxylic acids is 2. The van der Waals surface area contributed by atoms with Gasteiger partial charge in [-0.3, -0.25) is 4.79 Å². The van der Waals surface area contributed by atoms with Gasteiger partial charge >= 0.3 is 17.9 Å². The van der Waals surface area contributed by atoms with E-state index in [4.69, 9.17) is 20.6 Å². The topological polar surface area (TPSA) is 156 Å². The maximum absolute atomic E-state index is 11.0. The molecule has 230 valence electrons. The first-order chi connectivity index (χ1) is 21.5. The Kier molecular flexibility index (Phi) is 13.1. The van der Waals surface area contributed by atoms with Gasteiger partial charge in [0.25, 0.3) is 0 Å². The molecule has 45 heavy (non-hydrogen) atoms. The zero-order valence-corrected chi connectivity index (χ0v) is 26.9. The third-order valence-electron chi connectivity index (χ3n) is 6.66. The number of phenolic OH excluding ortho intramolecular Hbond substituents is 1.